The van der Waals surface area contributed by atoms with E-state index >= 15 is 0 Å². The number of hydrogen-bond acceptors (Lipinski definition) is 4. The molecule has 0 atom stereocenters. The summed E-state index contributed by atoms with van der Waals surface area (Å²) >= 11 is 3.89. The lowest BCUT2D eigenvalue weighted by Gasteiger charge is -2.43. The third-order valence-electron chi connectivity index (χ3n) is 27.6. The first-order valence-corrected chi connectivity index (χ1v) is 42.0. The molecule has 26 rings (SSSR count). The lowest BCUT2D eigenvalue weighted by Crippen LogP contribution is -2.60. The predicted molar refractivity (Wildman–Crippen MR) is 489 cm³/mol. The summed E-state index contributed by atoms with van der Waals surface area (Å²) in [5, 5.41) is 11.4. The van der Waals surface area contributed by atoms with E-state index in [1.165, 1.54) is 262 Å². The van der Waals surface area contributed by atoms with Gasteiger partial charge in [0.1, 0.15) is 4.83 Å². The van der Waals surface area contributed by atoms with E-state index in [4.69, 9.17) is 0 Å². The number of rotatable bonds is 5. The summed E-state index contributed by atoms with van der Waals surface area (Å²) in [4.78, 5) is 6.77. The average molecular weight is 1490 g/mol. The van der Waals surface area contributed by atoms with Crippen LogP contribution >= 0.6 is 22.7 Å². The number of thiophene rings is 2. The SMILES string of the molecule is Cc1cc(C)c(-c2cc3c4c(c2)-n2c5c(cccc5c5sc6ccccc6c52)B4N(c2ccc4c(c2)C(C)(C)c2ccccc2-4)c2cc4cc(-c5ccc6c(c5)sc5c6c6cccc7c6n5-c5cc(-c6ccccc6C)cc6c5B7N(c5ccc7c(c5)C(C)(C)c5ccccc5-7)c5cc7ccccc7cc5-6)ccc4cc2-3)c(C)c1. The summed E-state index contributed by atoms with van der Waals surface area (Å²) in [7, 11) is 0. The molecule has 4 aliphatic heterocycles. The topological polar surface area (TPSA) is 16.3 Å². The first kappa shape index (κ1) is 63.9. The van der Waals surface area contributed by atoms with Crippen molar-refractivity contribution in [3.8, 4) is 89.3 Å². The number of aryl methyl sites for hydroxylation is 4. The Bertz CT molecular complexity index is 7880. The van der Waals surface area contributed by atoms with Gasteiger partial charge in [-0.15, -0.1) is 22.7 Å². The van der Waals surface area contributed by atoms with Crippen LogP contribution in [0.25, 0.3) is 173 Å². The van der Waals surface area contributed by atoms with Crippen molar-refractivity contribution in [2.24, 2.45) is 0 Å². The average Bonchev–Trinajstić information content (AvgIpc) is 1.30. The molecule has 8 heteroatoms. The minimum atomic E-state index is -0.201. The van der Waals surface area contributed by atoms with Crippen LogP contribution in [-0.2, 0) is 10.8 Å². The number of hydrogen-bond donors (Lipinski definition) is 0. The molecule has 0 N–H and O–H groups in total. The zero-order valence-electron chi connectivity index (χ0n) is 64.5. The van der Waals surface area contributed by atoms with Crippen molar-refractivity contribution in [2.75, 3.05) is 9.62 Å². The van der Waals surface area contributed by atoms with Crippen LogP contribution in [0.15, 0.2) is 291 Å². The Morgan fingerprint density at radius 2 is 0.825 bits per heavy atom. The number of nitrogens with zero attached hydrogens (tertiary/aromatic N) is 4. The molecule has 4 nitrogen and oxygen atoms in total. The summed E-state index contributed by atoms with van der Waals surface area (Å²) < 4.78 is 9.33. The van der Waals surface area contributed by atoms with Crippen molar-refractivity contribution in [1.29, 1.82) is 0 Å². The maximum absolute atomic E-state index is 2.76. The van der Waals surface area contributed by atoms with Crippen LogP contribution in [0, 0.1) is 27.7 Å². The fraction of sp³-hybridized carbons (Fsp3) is 0.0943. The Labute approximate surface area is 669 Å². The maximum Gasteiger partial charge on any atom is 0.333 e. The summed E-state index contributed by atoms with van der Waals surface area (Å²) in [5.41, 5.74) is 44.8. The van der Waals surface area contributed by atoms with Crippen LogP contribution in [0.3, 0.4) is 0 Å². The predicted octanol–water partition coefficient (Wildman–Crippen LogP) is 25.9. The molecular weight excluding hydrogens is 1410 g/mol. The van der Waals surface area contributed by atoms with Gasteiger partial charge in [-0.25, -0.2) is 0 Å². The summed E-state index contributed by atoms with van der Waals surface area (Å²) in [6.07, 6.45) is 0. The van der Waals surface area contributed by atoms with Crippen LogP contribution < -0.4 is 31.5 Å². The van der Waals surface area contributed by atoms with Gasteiger partial charge in [0.15, 0.2) is 0 Å². The van der Waals surface area contributed by atoms with E-state index in [0.29, 0.717) is 0 Å². The largest absolute Gasteiger partial charge is 0.376 e. The lowest BCUT2D eigenvalue weighted by molar-refractivity contribution is 0.660. The number of benzene rings is 16. The second-order valence-corrected chi connectivity index (χ2v) is 36.5. The molecule has 0 unspecified atom stereocenters. The molecule has 534 valence electrons. The molecule has 0 saturated carbocycles. The van der Waals surface area contributed by atoms with Crippen molar-refractivity contribution >= 4 is 165 Å². The van der Waals surface area contributed by atoms with Gasteiger partial charge in [-0.05, 0) is 268 Å². The fourth-order valence-electron chi connectivity index (χ4n) is 22.7. The summed E-state index contributed by atoms with van der Waals surface area (Å²) in [5.74, 6) is 0. The molecule has 20 aromatic rings. The molecule has 6 aliphatic rings. The van der Waals surface area contributed by atoms with Crippen LogP contribution in [0.4, 0.5) is 22.7 Å². The van der Waals surface area contributed by atoms with E-state index in [1.54, 1.807) is 0 Å². The highest BCUT2D eigenvalue weighted by atomic mass is 32.1. The number of anilines is 4. The standard InChI is InChI=1S/C106H72B2N4S2/c1-57-43-59(3)96(60(4)44-57)68-49-83-81-47-64-36-35-63(45-66(64)51-91(81)112(70-39-42-75-73-26-14-17-31-85(73)106(7,8)87(75)56-70)108-89-33-20-29-79-101(89)109(92(53-68)98(83)108)102-77-27-15-18-34-94(77)113-103(79)102)65-37-40-76-95(54-65)114-104-97(76)78-28-19-32-88-100(78)110(104)93-52-67(71-24-12-9-21-58(71)2)48-82-80-46-61-22-10-11-23-62(61)50-90(80)111(107(88)99(82)93)69-38-41-74-72-25-13-16-30-84(72)105(5,6)86(74)55-69/h9-56H,1-8H3. The third kappa shape index (κ3) is 8.19. The van der Waals surface area contributed by atoms with Gasteiger partial charge in [0, 0.05) is 92.4 Å². The molecule has 0 saturated heterocycles. The van der Waals surface area contributed by atoms with E-state index in [2.05, 4.69) is 365 Å². The minimum absolute atomic E-state index is 0.124. The van der Waals surface area contributed by atoms with Crippen LogP contribution in [0.2, 0.25) is 0 Å². The van der Waals surface area contributed by atoms with Gasteiger partial charge in [-0.2, -0.15) is 0 Å². The molecule has 8 heterocycles. The molecule has 2 aliphatic carbocycles. The van der Waals surface area contributed by atoms with E-state index in [9.17, 15) is 0 Å². The molecule has 0 radical (unpaired) electrons. The molecule has 16 aromatic carbocycles. The van der Waals surface area contributed by atoms with Gasteiger partial charge < -0.3 is 18.8 Å². The van der Waals surface area contributed by atoms with Crippen molar-refractivity contribution in [2.45, 2.75) is 66.2 Å². The van der Waals surface area contributed by atoms with E-state index in [-0.39, 0.29) is 24.5 Å². The zero-order chi connectivity index (χ0) is 75.5. The molecule has 0 fully saturated rings. The van der Waals surface area contributed by atoms with E-state index in [0.717, 1.165) is 0 Å². The summed E-state index contributed by atoms with van der Waals surface area (Å²) in [6.45, 7) is 18.5. The van der Waals surface area contributed by atoms with Gasteiger partial charge in [0.05, 0.1) is 21.3 Å². The Kier molecular flexibility index (Phi) is 12.4. The number of aromatic nitrogens is 2. The highest BCUT2D eigenvalue weighted by Crippen LogP contribution is 2.57. The quantitative estimate of drug-likeness (QED) is 0.160. The second-order valence-electron chi connectivity index (χ2n) is 34.4. The van der Waals surface area contributed by atoms with Gasteiger partial charge in [0.2, 0.25) is 0 Å². The van der Waals surface area contributed by atoms with Gasteiger partial charge in [0.25, 0.3) is 0 Å². The summed E-state index contributed by atoms with van der Waals surface area (Å²) in [6, 6.07) is 114. The molecule has 0 spiro atoms. The Morgan fingerprint density at radius 3 is 1.50 bits per heavy atom. The Hall–Kier alpha value is -12.7. The Balaban J connectivity index is 0.683. The van der Waals surface area contributed by atoms with Crippen molar-refractivity contribution in [3.05, 3.63) is 336 Å². The monoisotopic (exact) mass is 1490 g/mol. The van der Waals surface area contributed by atoms with Crippen molar-refractivity contribution in [1.82, 2.24) is 9.13 Å². The lowest BCUT2D eigenvalue weighted by atomic mass is 9.43. The van der Waals surface area contributed by atoms with Gasteiger partial charge >= 0.3 is 13.7 Å². The molecule has 0 amide bonds. The second kappa shape index (κ2) is 22.1. The first-order valence-electron chi connectivity index (χ1n) is 40.3. The third-order valence-corrected chi connectivity index (χ3v) is 29.9. The van der Waals surface area contributed by atoms with Gasteiger partial charge in [-0.3, -0.25) is 0 Å². The molecule has 114 heavy (non-hydrogen) atoms. The van der Waals surface area contributed by atoms with E-state index in [1.807, 2.05) is 22.7 Å². The minimum Gasteiger partial charge on any atom is -0.376 e. The van der Waals surface area contributed by atoms with Crippen molar-refractivity contribution in [3.63, 3.8) is 0 Å². The zero-order valence-corrected chi connectivity index (χ0v) is 66.1. The highest BCUT2D eigenvalue weighted by Gasteiger charge is 2.49. The van der Waals surface area contributed by atoms with Crippen molar-refractivity contribution < 1.29 is 0 Å². The fourth-order valence-corrected chi connectivity index (χ4v) is 25.1. The number of fused-ring (bicyclic) bond motifs is 26. The molecule has 4 aromatic heterocycles. The van der Waals surface area contributed by atoms with Gasteiger partial charge in [-0.1, -0.05) is 233 Å². The van der Waals surface area contributed by atoms with Crippen LogP contribution in [0.1, 0.15) is 72.2 Å². The Morgan fingerprint density at radius 1 is 0.298 bits per heavy atom. The maximum atomic E-state index is 2.76. The highest BCUT2D eigenvalue weighted by molar-refractivity contribution is 7.27. The molecule has 0 bridgehead atoms. The number of para-hydroxylation sites is 2. The van der Waals surface area contributed by atoms with E-state index < -0.39 is 0 Å². The normalized spacial score (nSPS) is 14.6. The van der Waals surface area contributed by atoms with Crippen LogP contribution in [0.5, 0.6) is 0 Å². The van der Waals surface area contributed by atoms with Crippen LogP contribution in [-0.4, -0.2) is 22.8 Å². The molecular formula is C106H72B2N4S2. The first-order chi connectivity index (χ1) is 55.7. The smallest absolute Gasteiger partial charge is 0.333 e.